The number of nitrogens with one attached hydrogen (secondary N) is 1. The van der Waals surface area contributed by atoms with Gasteiger partial charge in [0.1, 0.15) is 0 Å². The lowest BCUT2D eigenvalue weighted by Crippen LogP contribution is -1.85. The van der Waals surface area contributed by atoms with Crippen LogP contribution in [0.2, 0.25) is 0 Å². The Hall–Kier alpha value is -1.31. The molecule has 0 saturated heterocycles. The second-order valence-corrected chi connectivity index (χ2v) is 4.00. The number of hydrogen-bond donors (Lipinski definition) is 1. The van der Waals surface area contributed by atoms with E-state index < -0.39 is 0 Å². The van der Waals surface area contributed by atoms with Crippen molar-refractivity contribution in [2.45, 2.75) is 33.1 Å². The molecular formula is C12H16N2. The van der Waals surface area contributed by atoms with Gasteiger partial charge in [0.2, 0.25) is 0 Å². The van der Waals surface area contributed by atoms with Crippen molar-refractivity contribution in [1.29, 1.82) is 0 Å². The van der Waals surface area contributed by atoms with Crippen LogP contribution in [0.15, 0.2) is 18.3 Å². The third-order valence-electron chi connectivity index (χ3n) is 2.57. The Morgan fingerprint density at radius 3 is 2.79 bits per heavy atom. The highest BCUT2D eigenvalue weighted by molar-refractivity contribution is 5.80. The zero-order valence-electron chi connectivity index (χ0n) is 8.96. The Balaban J connectivity index is 2.54. The van der Waals surface area contributed by atoms with Crippen LogP contribution in [-0.2, 0) is 6.42 Å². The average molecular weight is 188 g/mol. The van der Waals surface area contributed by atoms with E-state index in [0.29, 0.717) is 5.92 Å². The van der Waals surface area contributed by atoms with Gasteiger partial charge in [-0.3, -0.25) is 4.98 Å². The second kappa shape index (κ2) is 3.45. The van der Waals surface area contributed by atoms with Crippen molar-refractivity contribution in [3.8, 4) is 0 Å². The normalized spacial score (nSPS) is 11.4. The number of aromatic nitrogens is 2. The van der Waals surface area contributed by atoms with Gasteiger partial charge in [-0.05, 0) is 24.5 Å². The molecule has 1 N–H and O–H groups in total. The highest BCUT2D eigenvalue weighted by Gasteiger charge is 2.04. The number of hydrogen-bond acceptors (Lipinski definition) is 1. The summed E-state index contributed by atoms with van der Waals surface area (Å²) in [6.07, 6.45) is 2.93. The molecule has 2 aromatic rings. The molecule has 0 radical (unpaired) electrons. The maximum atomic E-state index is 4.37. The van der Waals surface area contributed by atoms with Crippen LogP contribution in [0.1, 0.15) is 38.1 Å². The summed E-state index contributed by atoms with van der Waals surface area (Å²) in [7, 11) is 0. The van der Waals surface area contributed by atoms with Gasteiger partial charge in [0, 0.05) is 16.8 Å². The topological polar surface area (TPSA) is 28.7 Å². The van der Waals surface area contributed by atoms with Crippen molar-refractivity contribution in [3.05, 3.63) is 29.7 Å². The molecule has 74 valence electrons. The number of aryl methyl sites for hydroxylation is 1. The van der Waals surface area contributed by atoms with E-state index in [1.165, 1.54) is 11.1 Å². The summed E-state index contributed by atoms with van der Waals surface area (Å²) in [5.41, 5.74) is 3.59. The standard InChI is InChI=1S/C12H16N2/c1-4-10-5-9-6-11(8(2)3)14-12(9)7-13-10/h5-8,14H,4H2,1-3H3. The summed E-state index contributed by atoms with van der Waals surface area (Å²) < 4.78 is 0. The third-order valence-corrected chi connectivity index (χ3v) is 2.57. The largest absolute Gasteiger partial charge is 0.357 e. The first-order valence-electron chi connectivity index (χ1n) is 5.18. The van der Waals surface area contributed by atoms with Gasteiger partial charge in [-0.2, -0.15) is 0 Å². The van der Waals surface area contributed by atoms with Gasteiger partial charge in [-0.15, -0.1) is 0 Å². The molecule has 0 atom stereocenters. The van der Waals surface area contributed by atoms with Gasteiger partial charge in [-0.1, -0.05) is 20.8 Å². The Bertz CT molecular complexity index is 441. The molecule has 0 aliphatic rings. The zero-order valence-corrected chi connectivity index (χ0v) is 8.96. The van der Waals surface area contributed by atoms with Gasteiger partial charge in [0.15, 0.2) is 0 Å². The molecule has 0 aliphatic heterocycles. The first-order chi connectivity index (χ1) is 6.70. The fourth-order valence-electron chi connectivity index (χ4n) is 1.60. The molecule has 0 saturated carbocycles. The smallest absolute Gasteiger partial charge is 0.0642 e. The first kappa shape index (κ1) is 9.25. The van der Waals surface area contributed by atoms with Crippen molar-refractivity contribution in [1.82, 2.24) is 9.97 Å². The summed E-state index contributed by atoms with van der Waals surface area (Å²) in [4.78, 5) is 7.75. The lowest BCUT2D eigenvalue weighted by molar-refractivity contribution is 0.836. The van der Waals surface area contributed by atoms with E-state index in [4.69, 9.17) is 0 Å². The van der Waals surface area contributed by atoms with Gasteiger partial charge >= 0.3 is 0 Å². The highest BCUT2D eigenvalue weighted by Crippen LogP contribution is 2.20. The fraction of sp³-hybridized carbons (Fsp3) is 0.417. The van der Waals surface area contributed by atoms with Crippen molar-refractivity contribution >= 4 is 10.9 Å². The van der Waals surface area contributed by atoms with E-state index in [0.717, 1.165) is 17.6 Å². The predicted molar refractivity (Wildman–Crippen MR) is 59.6 cm³/mol. The molecule has 2 aromatic heterocycles. The molecule has 0 fully saturated rings. The quantitative estimate of drug-likeness (QED) is 0.770. The fourth-order valence-corrected chi connectivity index (χ4v) is 1.60. The number of H-pyrrole nitrogens is 1. The molecule has 2 heteroatoms. The molecule has 0 bridgehead atoms. The zero-order chi connectivity index (χ0) is 10.1. The van der Waals surface area contributed by atoms with Crippen LogP contribution in [0.5, 0.6) is 0 Å². The Kier molecular flexibility index (Phi) is 2.28. The van der Waals surface area contributed by atoms with E-state index in [-0.39, 0.29) is 0 Å². The highest BCUT2D eigenvalue weighted by atomic mass is 14.8. The van der Waals surface area contributed by atoms with Crippen LogP contribution < -0.4 is 0 Å². The predicted octanol–water partition coefficient (Wildman–Crippen LogP) is 3.25. The lowest BCUT2D eigenvalue weighted by Gasteiger charge is -1.97. The molecular weight excluding hydrogens is 172 g/mol. The number of nitrogens with zero attached hydrogens (tertiary/aromatic N) is 1. The minimum absolute atomic E-state index is 0.549. The minimum atomic E-state index is 0.549. The molecule has 14 heavy (non-hydrogen) atoms. The van der Waals surface area contributed by atoms with E-state index in [2.05, 4.69) is 42.9 Å². The number of fused-ring (bicyclic) bond motifs is 1. The van der Waals surface area contributed by atoms with Crippen LogP contribution in [0.3, 0.4) is 0 Å². The van der Waals surface area contributed by atoms with E-state index in [1.54, 1.807) is 0 Å². The molecule has 0 aliphatic carbocycles. The minimum Gasteiger partial charge on any atom is -0.357 e. The molecule has 0 aromatic carbocycles. The Labute approximate surface area is 84.4 Å². The van der Waals surface area contributed by atoms with Gasteiger partial charge in [-0.25, -0.2) is 0 Å². The number of rotatable bonds is 2. The van der Waals surface area contributed by atoms with Gasteiger partial charge in [0.05, 0.1) is 11.7 Å². The van der Waals surface area contributed by atoms with Gasteiger partial charge in [0.25, 0.3) is 0 Å². The van der Waals surface area contributed by atoms with Crippen LogP contribution in [0, 0.1) is 0 Å². The van der Waals surface area contributed by atoms with Crippen molar-refractivity contribution in [2.24, 2.45) is 0 Å². The summed E-state index contributed by atoms with van der Waals surface area (Å²) >= 11 is 0. The molecule has 2 heterocycles. The van der Waals surface area contributed by atoms with E-state index >= 15 is 0 Å². The van der Waals surface area contributed by atoms with Crippen molar-refractivity contribution in [2.75, 3.05) is 0 Å². The van der Waals surface area contributed by atoms with Crippen molar-refractivity contribution in [3.63, 3.8) is 0 Å². The maximum absolute atomic E-state index is 4.37. The van der Waals surface area contributed by atoms with Crippen LogP contribution in [0.4, 0.5) is 0 Å². The van der Waals surface area contributed by atoms with Crippen LogP contribution in [-0.4, -0.2) is 9.97 Å². The number of pyridine rings is 1. The Morgan fingerprint density at radius 1 is 1.36 bits per heavy atom. The van der Waals surface area contributed by atoms with Crippen LogP contribution >= 0.6 is 0 Å². The van der Waals surface area contributed by atoms with Gasteiger partial charge < -0.3 is 4.98 Å². The molecule has 2 rings (SSSR count). The molecule has 0 unspecified atom stereocenters. The average Bonchev–Trinajstić information content (AvgIpc) is 2.59. The van der Waals surface area contributed by atoms with E-state index in [9.17, 15) is 0 Å². The third kappa shape index (κ3) is 1.52. The SMILES string of the molecule is CCc1cc2cc(C(C)C)[nH]c2cn1. The maximum Gasteiger partial charge on any atom is 0.0642 e. The lowest BCUT2D eigenvalue weighted by atomic mass is 10.1. The summed E-state index contributed by atoms with van der Waals surface area (Å²) in [6, 6.07) is 4.39. The van der Waals surface area contributed by atoms with Crippen LogP contribution in [0.25, 0.3) is 10.9 Å². The summed E-state index contributed by atoms with van der Waals surface area (Å²) in [5, 5.41) is 1.28. The molecule has 0 spiro atoms. The Morgan fingerprint density at radius 2 is 2.14 bits per heavy atom. The summed E-state index contributed by atoms with van der Waals surface area (Å²) in [5.74, 6) is 0.549. The second-order valence-electron chi connectivity index (χ2n) is 4.00. The number of aromatic amines is 1. The first-order valence-corrected chi connectivity index (χ1v) is 5.18. The summed E-state index contributed by atoms with van der Waals surface area (Å²) in [6.45, 7) is 6.52. The molecule has 0 amide bonds. The monoisotopic (exact) mass is 188 g/mol. The molecule has 2 nitrogen and oxygen atoms in total. The van der Waals surface area contributed by atoms with Crippen molar-refractivity contribution < 1.29 is 0 Å². The van der Waals surface area contributed by atoms with E-state index in [1.807, 2.05) is 6.20 Å².